The van der Waals surface area contributed by atoms with E-state index in [1.165, 1.54) is 16.4 Å². The van der Waals surface area contributed by atoms with E-state index in [0.29, 0.717) is 23.7 Å². The van der Waals surface area contributed by atoms with Crippen molar-refractivity contribution in [3.63, 3.8) is 0 Å². The van der Waals surface area contributed by atoms with Crippen molar-refractivity contribution in [2.75, 3.05) is 13.1 Å². The molecular weight excluding hydrogens is 564 g/mol. The molecular formula is C30H33ClN4O5S. The lowest BCUT2D eigenvalue weighted by molar-refractivity contribution is 0.0270. The van der Waals surface area contributed by atoms with Gasteiger partial charge in [0.25, 0.3) is 5.91 Å². The number of hydrogen-bond donors (Lipinski definition) is 1. The van der Waals surface area contributed by atoms with Gasteiger partial charge in [-0.2, -0.15) is 4.31 Å². The number of likely N-dealkylation sites (tertiary alicyclic amines) is 1. The van der Waals surface area contributed by atoms with E-state index in [4.69, 9.17) is 16.3 Å². The third-order valence-electron chi connectivity index (χ3n) is 7.25. The molecule has 1 saturated heterocycles. The molecule has 0 radical (unpaired) electrons. The molecule has 9 nitrogen and oxygen atoms in total. The van der Waals surface area contributed by atoms with Crippen molar-refractivity contribution in [3.8, 4) is 0 Å². The molecule has 1 saturated carbocycles. The predicted octanol–water partition coefficient (Wildman–Crippen LogP) is 4.72. The molecule has 0 spiro atoms. The summed E-state index contributed by atoms with van der Waals surface area (Å²) in [6, 6.07) is 16.6. The number of benzene rings is 2. The Labute approximate surface area is 245 Å². The van der Waals surface area contributed by atoms with Crippen LogP contribution >= 0.6 is 11.6 Å². The Morgan fingerprint density at radius 1 is 1.00 bits per heavy atom. The van der Waals surface area contributed by atoms with Gasteiger partial charge >= 0.3 is 6.09 Å². The van der Waals surface area contributed by atoms with Crippen LogP contribution in [0, 0.1) is 11.8 Å². The van der Waals surface area contributed by atoms with Crippen molar-refractivity contribution in [1.29, 1.82) is 0 Å². The number of ether oxygens (including phenoxy) is 1. The zero-order valence-corrected chi connectivity index (χ0v) is 24.7. The molecule has 216 valence electrons. The number of sulfonamides is 1. The molecule has 1 aliphatic carbocycles. The molecule has 5 rings (SSSR count). The molecule has 3 atom stereocenters. The summed E-state index contributed by atoms with van der Waals surface area (Å²) >= 11 is 5.97. The van der Waals surface area contributed by atoms with Gasteiger partial charge in [-0.25, -0.2) is 13.2 Å². The number of aromatic nitrogens is 1. The number of rotatable bonds is 8. The molecule has 0 bridgehead atoms. The first kappa shape index (κ1) is 29.0. The highest BCUT2D eigenvalue weighted by atomic mass is 35.5. The number of carbonyl (C=O) groups is 2. The largest absolute Gasteiger partial charge is 0.444 e. The summed E-state index contributed by atoms with van der Waals surface area (Å²) in [5.74, 6) is 0.260. The maximum atomic E-state index is 13.6. The average Bonchev–Trinajstić information content (AvgIpc) is 3.34. The zero-order chi connectivity index (χ0) is 29.4. The van der Waals surface area contributed by atoms with Gasteiger partial charge in [0.2, 0.25) is 10.0 Å². The van der Waals surface area contributed by atoms with E-state index in [-0.39, 0.29) is 47.9 Å². The highest BCUT2D eigenvalue weighted by Crippen LogP contribution is 2.46. The van der Waals surface area contributed by atoms with Crippen molar-refractivity contribution in [2.24, 2.45) is 11.8 Å². The summed E-state index contributed by atoms with van der Waals surface area (Å²) in [7, 11) is -3.85. The smallest absolute Gasteiger partial charge is 0.410 e. The van der Waals surface area contributed by atoms with Crippen LogP contribution in [0.15, 0.2) is 78.0 Å². The van der Waals surface area contributed by atoms with Gasteiger partial charge in [-0.15, -0.1) is 0 Å². The van der Waals surface area contributed by atoms with Gasteiger partial charge in [0.1, 0.15) is 5.60 Å². The van der Waals surface area contributed by atoms with Crippen molar-refractivity contribution < 1.29 is 22.7 Å². The number of pyridine rings is 1. The topological polar surface area (TPSA) is 109 Å². The lowest BCUT2D eigenvalue weighted by Gasteiger charge is -2.26. The highest BCUT2D eigenvalue weighted by molar-refractivity contribution is 7.89. The first-order valence-corrected chi connectivity index (χ1v) is 15.2. The van der Waals surface area contributed by atoms with E-state index in [1.54, 1.807) is 59.8 Å². The second kappa shape index (κ2) is 11.4. The van der Waals surface area contributed by atoms with Gasteiger partial charge in [-0.1, -0.05) is 29.8 Å². The van der Waals surface area contributed by atoms with Crippen LogP contribution in [0.2, 0.25) is 5.02 Å². The molecule has 2 heterocycles. The number of halogens is 1. The number of amides is 2. The van der Waals surface area contributed by atoms with Crippen molar-refractivity contribution in [1.82, 2.24) is 19.5 Å². The van der Waals surface area contributed by atoms with E-state index in [1.807, 2.05) is 26.8 Å². The van der Waals surface area contributed by atoms with Gasteiger partial charge in [0.15, 0.2) is 0 Å². The number of hydrogen-bond acceptors (Lipinski definition) is 6. The Kier molecular flexibility index (Phi) is 8.09. The second-order valence-corrected chi connectivity index (χ2v) is 13.9. The summed E-state index contributed by atoms with van der Waals surface area (Å²) in [6.45, 7) is 6.89. The summed E-state index contributed by atoms with van der Waals surface area (Å²) in [6.07, 6.45) is 2.95. The minimum Gasteiger partial charge on any atom is -0.444 e. The van der Waals surface area contributed by atoms with Gasteiger partial charge in [0.05, 0.1) is 4.90 Å². The number of nitrogens with zero attached hydrogens (tertiary/aromatic N) is 3. The summed E-state index contributed by atoms with van der Waals surface area (Å²) in [5, 5.41) is 3.53. The van der Waals surface area contributed by atoms with E-state index < -0.39 is 15.6 Å². The summed E-state index contributed by atoms with van der Waals surface area (Å²) < 4.78 is 33.9. The van der Waals surface area contributed by atoms with Crippen LogP contribution < -0.4 is 5.32 Å². The van der Waals surface area contributed by atoms with Gasteiger partial charge in [-0.3, -0.25) is 9.78 Å². The highest BCUT2D eigenvalue weighted by Gasteiger charge is 2.58. The normalized spacial score (nSPS) is 20.0. The van der Waals surface area contributed by atoms with E-state index in [0.717, 1.165) is 11.1 Å². The lowest BCUT2D eigenvalue weighted by Crippen LogP contribution is -2.40. The molecule has 0 unspecified atom stereocenters. The SMILES string of the molecule is CC(C)(C)OC(=O)N1C[C@@H]2[C@H](C1)[C@H]2NC(=O)c1ccc(CN(Cc2cccnc2)S(=O)(=O)c2ccc(Cl)cc2)cc1. The molecule has 1 aromatic heterocycles. The number of carbonyl (C=O) groups excluding carboxylic acids is 2. The van der Waals surface area contributed by atoms with E-state index >= 15 is 0 Å². The number of fused-ring (bicyclic) bond motifs is 1. The Bertz CT molecular complexity index is 1500. The van der Waals surface area contributed by atoms with Gasteiger partial charge in [-0.05, 0) is 74.4 Å². The van der Waals surface area contributed by atoms with Crippen molar-refractivity contribution in [3.05, 3.63) is 94.8 Å². The minimum atomic E-state index is -3.85. The maximum absolute atomic E-state index is 13.6. The fourth-order valence-corrected chi connectivity index (χ4v) is 6.63. The first-order chi connectivity index (χ1) is 19.4. The van der Waals surface area contributed by atoms with Crippen molar-refractivity contribution in [2.45, 2.75) is 50.4 Å². The molecule has 1 aliphatic heterocycles. The molecule has 11 heteroatoms. The number of piperidine rings is 1. The summed E-state index contributed by atoms with van der Waals surface area (Å²) in [5.41, 5.74) is 1.43. The van der Waals surface area contributed by atoms with Crippen LogP contribution in [0.5, 0.6) is 0 Å². The average molecular weight is 597 g/mol. The molecule has 3 aromatic rings. The maximum Gasteiger partial charge on any atom is 0.410 e. The third kappa shape index (κ3) is 6.89. The standard InChI is InChI=1S/C30H33ClN4O5S/c1-30(2,3)40-29(37)34-18-25-26(19-34)27(25)33-28(36)22-8-6-20(7-9-22)16-35(17-21-5-4-14-32-15-21)41(38,39)24-12-10-23(31)11-13-24/h4-15,25-27H,16-19H2,1-3H3,(H,33,36)/t25-,26+,27+. The Hall–Kier alpha value is -3.47. The summed E-state index contributed by atoms with van der Waals surface area (Å²) in [4.78, 5) is 31.2. The van der Waals surface area contributed by atoms with Crippen LogP contribution in [0.25, 0.3) is 0 Å². The molecule has 2 fully saturated rings. The molecule has 1 N–H and O–H groups in total. The van der Waals surface area contributed by atoms with E-state index in [2.05, 4.69) is 10.3 Å². The number of nitrogens with one attached hydrogen (secondary N) is 1. The Morgan fingerprint density at radius 3 is 2.22 bits per heavy atom. The molecule has 2 aromatic carbocycles. The van der Waals surface area contributed by atoms with E-state index in [9.17, 15) is 18.0 Å². The van der Waals surface area contributed by atoms with Crippen LogP contribution in [0.3, 0.4) is 0 Å². The Morgan fingerprint density at radius 2 is 1.63 bits per heavy atom. The predicted molar refractivity (Wildman–Crippen MR) is 155 cm³/mol. The minimum absolute atomic E-state index is 0.0281. The second-order valence-electron chi connectivity index (χ2n) is 11.5. The van der Waals surface area contributed by atoms with Gasteiger partial charge < -0.3 is 15.0 Å². The van der Waals surface area contributed by atoms with Crippen LogP contribution in [0.4, 0.5) is 4.79 Å². The fourth-order valence-electron chi connectivity index (χ4n) is 5.09. The van der Waals surface area contributed by atoms with Crippen LogP contribution in [-0.2, 0) is 27.8 Å². The van der Waals surface area contributed by atoms with Gasteiger partial charge in [0, 0.05) is 67.0 Å². The Balaban J connectivity index is 1.22. The lowest BCUT2D eigenvalue weighted by atomic mass is 10.1. The monoisotopic (exact) mass is 596 g/mol. The van der Waals surface area contributed by atoms with Crippen LogP contribution in [-0.4, -0.2) is 59.3 Å². The molecule has 2 aliphatic rings. The molecule has 41 heavy (non-hydrogen) atoms. The van der Waals surface area contributed by atoms with Crippen molar-refractivity contribution >= 4 is 33.6 Å². The first-order valence-electron chi connectivity index (χ1n) is 13.4. The third-order valence-corrected chi connectivity index (χ3v) is 9.31. The zero-order valence-electron chi connectivity index (χ0n) is 23.2. The molecule has 2 amide bonds. The van der Waals surface area contributed by atoms with Crippen LogP contribution in [0.1, 0.15) is 42.3 Å². The quantitative estimate of drug-likeness (QED) is 0.403. The fraction of sp³-hybridized carbons (Fsp3) is 0.367.